The first-order valence-corrected chi connectivity index (χ1v) is 8.26. The van der Waals surface area contributed by atoms with Gasteiger partial charge in [0.2, 0.25) is 5.91 Å². The summed E-state index contributed by atoms with van der Waals surface area (Å²) in [6.07, 6.45) is 2.57. The Hall–Kier alpha value is -3.08. The summed E-state index contributed by atoms with van der Waals surface area (Å²) in [5, 5.41) is 5.43. The van der Waals surface area contributed by atoms with E-state index in [1.54, 1.807) is 0 Å². The number of amides is 2. The minimum Gasteiger partial charge on any atom is -0.394 e. The smallest absolute Gasteiger partial charge is 0.267 e. The summed E-state index contributed by atoms with van der Waals surface area (Å²) in [6.45, 7) is 0.954. The molecule has 2 amide bonds. The molecular formula is C20H23N3O2. The number of hydrogen-bond acceptors (Lipinski definition) is 3. The van der Waals surface area contributed by atoms with Gasteiger partial charge < -0.3 is 16.4 Å². The molecule has 0 aliphatic heterocycles. The lowest BCUT2D eigenvalue weighted by Crippen LogP contribution is -2.32. The molecule has 5 nitrogen and oxygen atoms in total. The van der Waals surface area contributed by atoms with Crippen molar-refractivity contribution in [3.8, 4) is 0 Å². The quantitative estimate of drug-likeness (QED) is 0.639. The van der Waals surface area contributed by atoms with Crippen molar-refractivity contribution < 1.29 is 9.59 Å². The number of nitrogens with one attached hydrogen (secondary N) is 2. The molecule has 0 fully saturated rings. The third-order valence-electron chi connectivity index (χ3n) is 3.65. The first-order valence-electron chi connectivity index (χ1n) is 8.26. The van der Waals surface area contributed by atoms with Gasteiger partial charge in [0.15, 0.2) is 0 Å². The summed E-state index contributed by atoms with van der Waals surface area (Å²) in [7, 11) is 0. The fraction of sp³-hybridized carbons (Fsp3) is 0.200. The summed E-state index contributed by atoms with van der Waals surface area (Å²) >= 11 is 0. The molecule has 0 bridgehead atoms. The lowest BCUT2D eigenvalue weighted by atomic mass is 10.1. The number of carbonyl (C=O) groups excluding carboxylic acids is 2. The Labute approximate surface area is 147 Å². The predicted molar refractivity (Wildman–Crippen MR) is 98.6 cm³/mol. The lowest BCUT2D eigenvalue weighted by molar-refractivity contribution is -0.119. The number of benzene rings is 2. The zero-order chi connectivity index (χ0) is 17.9. The molecule has 2 rings (SSSR count). The van der Waals surface area contributed by atoms with Crippen LogP contribution < -0.4 is 16.4 Å². The lowest BCUT2D eigenvalue weighted by Gasteiger charge is -2.06. The summed E-state index contributed by atoms with van der Waals surface area (Å²) < 4.78 is 0. The minimum atomic E-state index is -0.436. The topological polar surface area (TPSA) is 84.2 Å². The van der Waals surface area contributed by atoms with Crippen LogP contribution in [0.15, 0.2) is 72.4 Å². The second-order valence-electron chi connectivity index (χ2n) is 5.62. The molecular weight excluding hydrogens is 314 g/mol. The van der Waals surface area contributed by atoms with Gasteiger partial charge in [0.05, 0.1) is 0 Å². The zero-order valence-corrected chi connectivity index (χ0v) is 14.1. The van der Waals surface area contributed by atoms with Crippen molar-refractivity contribution in [2.45, 2.75) is 12.8 Å². The fourth-order valence-corrected chi connectivity index (χ4v) is 2.30. The van der Waals surface area contributed by atoms with Gasteiger partial charge in [-0.25, -0.2) is 0 Å². The zero-order valence-electron chi connectivity index (χ0n) is 14.1. The van der Waals surface area contributed by atoms with E-state index in [4.69, 9.17) is 5.73 Å². The predicted octanol–water partition coefficient (Wildman–Crippen LogP) is 1.55. The highest BCUT2D eigenvalue weighted by Crippen LogP contribution is 1.99. The SMILES string of the molecule is N/C(=C\C(=O)NCCc1ccccc1)C(=O)NCCc1ccccc1. The molecule has 0 radical (unpaired) electrons. The van der Waals surface area contributed by atoms with Crippen LogP contribution in [0, 0.1) is 0 Å². The number of rotatable bonds is 8. The standard InChI is InChI=1S/C20H23N3O2/c21-18(20(25)23-14-12-17-9-5-2-6-10-17)15-19(24)22-13-11-16-7-3-1-4-8-16/h1-10,15H,11-14,21H2,(H,22,24)(H,23,25)/b18-15-. The average Bonchev–Trinajstić information content (AvgIpc) is 2.63. The summed E-state index contributed by atoms with van der Waals surface area (Å²) in [4.78, 5) is 23.7. The molecule has 0 aliphatic carbocycles. The first-order chi connectivity index (χ1) is 12.1. The second kappa shape index (κ2) is 9.93. The van der Waals surface area contributed by atoms with Gasteiger partial charge in [0, 0.05) is 19.2 Å². The van der Waals surface area contributed by atoms with Gasteiger partial charge in [-0.1, -0.05) is 60.7 Å². The monoisotopic (exact) mass is 337 g/mol. The Morgan fingerprint density at radius 1 is 0.800 bits per heavy atom. The third kappa shape index (κ3) is 6.91. The van der Waals surface area contributed by atoms with E-state index in [1.807, 2.05) is 60.7 Å². The van der Waals surface area contributed by atoms with E-state index in [2.05, 4.69) is 10.6 Å². The van der Waals surface area contributed by atoms with Crippen molar-refractivity contribution in [3.05, 3.63) is 83.6 Å². The molecule has 2 aromatic rings. The van der Waals surface area contributed by atoms with Crippen molar-refractivity contribution in [1.29, 1.82) is 0 Å². The van der Waals surface area contributed by atoms with E-state index >= 15 is 0 Å². The van der Waals surface area contributed by atoms with Gasteiger partial charge in [-0.05, 0) is 24.0 Å². The molecule has 0 saturated carbocycles. The van der Waals surface area contributed by atoms with Crippen LogP contribution in [0.3, 0.4) is 0 Å². The van der Waals surface area contributed by atoms with Crippen molar-refractivity contribution in [2.75, 3.05) is 13.1 Å². The van der Waals surface area contributed by atoms with Crippen LogP contribution in [-0.4, -0.2) is 24.9 Å². The summed E-state index contributed by atoms with van der Waals surface area (Å²) in [6, 6.07) is 19.7. The molecule has 0 heterocycles. The van der Waals surface area contributed by atoms with Crippen molar-refractivity contribution >= 4 is 11.8 Å². The van der Waals surface area contributed by atoms with Crippen LogP contribution in [-0.2, 0) is 22.4 Å². The molecule has 5 heteroatoms. The largest absolute Gasteiger partial charge is 0.394 e. The molecule has 0 spiro atoms. The fourth-order valence-electron chi connectivity index (χ4n) is 2.30. The molecule has 0 aliphatic rings. The van der Waals surface area contributed by atoms with E-state index in [0.717, 1.165) is 23.6 Å². The van der Waals surface area contributed by atoms with Gasteiger partial charge >= 0.3 is 0 Å². The minimum absolute atomic E-state index is 0.0923. The molecule has 130 valence electrons. The first kappa shape index (κ1) is 18.3. The van der Waals surface area contributed by atoms with E-state index in [9.17, 15) is 9.59 Å². The molecule has 0 unspecified atom stereocenters. The van der Waals surface area contributed by atoms with Crippen LogP contribution in [0.4, 0.5) is 0 Å². The Morgan fingerprint density at radius 3 is 1.80 bits per heavy atom. The van der Waals surface area contributed by atoms with Crippen LogP contribution in [0.5, 0.6) is 0 Å². The van der Waals surface area contributed by atoms with Gasteiger partial charge in [0.25, 0.3) is 5.91 Å². The Kier molecular flexibility index (Phi) is 7.25. The van der Waals surface area contributed by atoms with Crippen LogP contribution in [0.25, 0.3) is 0 Å². The summed E-state index contributed by atoms with van der Waals surface area (Å²) in [5.74, 6) is -0.805. The van der Waals surface area contributed by atoms with Gasteiger partial charge in [-0.2, -0.15) is 0 Å². The number of nitrogens with two attached hydrogens (primary N) is 1. The normalized spacial score (nSPS) is 11.0. The maximum absolute atomic E-state index is 11.9. The second-order valence-corrected chi connectivity index (χ2v) is 5.62. The molecule has 4 N–H and O–H groups in total. The van der Waals surface area contributed by atoms with Gasteiger partial charge in [-0.15, -0.1) is 0 Å². The van der Waals surface area contributed by atoms with E-state index in [0.29, 0.717) is 19.5 Å². The average molecular weight is 337 g/mol. The summed E-state index contributed by atoms with van der Waals surface area (Å²) in [5.41, 5.74) is 7.84. The maximum Gasteiger partial charge on any atom is 0.267 e. The highest BCUT2D eigenvalue weighted by molar-refractivity contribution is 6.00. The molecule has 2 aromatic carbocycles. The van der Waals surface area contributed by atoms with E-state index in [1.165, 1.54) is 0 Å². The maximum atomic E-state index is 11.9. The van der Waals surface area contributed by atoms with E-state index in [-0.39, 0.29) is 11.6 Å². The van der Waals surface area contributed by atoms with Crippen LogP contribution in [0.1, 0.15) is 11.1 Å². The Morgan fingerprint density at radius 2 is 1.28 bits per heavy atom. The molecule has 0 atom stereocenters. The van der Waals surface area contributed by atoms with Crippen molar-refractivity contribution in [3.63, 3.8) is 0 Å². The molecule has 0 saturated heterocycles. The highest BCUT2D eigenvalue weighted by atomic mass is 16.2. The highest BCUT2D eigenvalue weighted by Gasteiger charge is 2.07. The van der Waals surface area contributed by atoms with Crippen molar-refractivity contribution in [1.82, 2.24) is 10.6 Å². The van der Waals surface area contributed by atoms with Crippen LogP contribution in [0.2, 0.25) is 0 Å². The van der Waals surface area contributed by atoms with E-state index < -0.39 is 5.91 Å². The number of carbonyl (C=O) groups is 2. The van der Waals surface area contributed by atoms with Crippen molar-refractivity contribution in [2.24, 2.45) is 5.73 Å². The van der Waals surface area contributed by atoms with Gasteiger partial charge in [0.1, 0.15) is 5.70 Å². The Bertz CT molecular complexity index is 712. The molecule has 25 heavy (non-hydrogen) atoms. The number of hydrogen-bond donors (Lipinski definition) is 3. The van der Waals surface area contributed by atoms with Gasteiger partial charge in [-0.3, -0.25) is 9.59 Å². The Balaban J connectivity index is 1.69. The van der Waals surface area contributed by atoms with Crippen LogP contribution >= 0.6 is 0 Å². The third-order valence-corrected chi connectivity index (χ3v) is 3.65. The molecule has 0 aromatic heterocycles.